The minimum absolute atomic E-state index is 0.0768. The van der Waals surface area contributed by atoms with Gasteiger partial charge in [0.2, 0.25) is 0 Å². The van der Waals surface area contributed by atoms with Gasteiger partial charge in [0, 0.05) is 16.9 Å². The highest BCUT2D eigenvalue weighted by atomic mass is 35.5. The van der Waals surface area contributed by atoms with E-state index in [9.17, 15) is 8.42 Å². The Hall–Kier alpha value is -0.800. The molecular weight excluding hydrogens is 409 g/mol. The zero-order valence-corrected chi connectivity index (χ0v) is 16.4. The zero-order valence-electron chi connectivity index (χ0n) is 12.5. The number of benzene rings is 1. The van der Waals surface area contributed by atoms with E-state index in [0.717, 1.165) is 17.2 Å². The summed E-state index contributed by atoms with van der Waals surface area (Å²) in [6.07, 6.45) is 0. The van der Waals surface area contributed by atoms with Crippen molar-refractivity contribution in [3.63, 3.8) is 0 Å². The molecule has 0 unspecified atom stereocenters. The van der Waals surface area contributed by atoms with E-state index >= 15 is 0 Å². The standard InChI is InChI=1S/C14H15Cl2N3O2S3/c15-12-2-1-11(7-13(12)16)24(20,21)9-14(17)18-4-6-22-8-10-3-5-23-19-10/h1-3,5,7H,4,6,8-9H2,(H2,17,18). The lowest BCUT2D eigenvalue weighted by atomic mass is 10.4. The van der Waals surface area contributed by atoms with E-state index in [0.29, 0.717) is 11.6 Å². The van der Waals surface area contributed by atoms with Crippen LogP contribution in [-0.2, 0) is 15.6 Å². The van der Waals surface area contributed by atoms with Crippen LogP contribution in [0.1, 0.15) is 5.69 Å². The quantitative estimate of drug-likeness (QED) is 0.398. The topological polar surface area (TPSA) is 85.4 Å². The van der Waals surface area contributed by atoms with Crippen molar-refractivity contribution >= 4 is 62.2 Å². The molecule has 0 aliphatic rings. The van der Waals surface area contributed by atoms with Gasteiger partial charge in [-0.2, -0.15) is 16.1 Å². The predicted octanol–water partition coefficient (Wildman–Crippen LogP) is 3.51. The summed E-state index contributed by atoms with van der Waals surface area (Å²) in [7, 11) is -3.59. The molecule has 0 bridgehead atoms. The maximum Gasteiger partial charge on any atom is 0.185 e. The Bertz CT molecular complexity index is 809. The van der Waals surface area contributed by atoms with Crippen LogP contribution in [0.4, 0.5) is 0 Å². The second-order valence-electron chi connectivity index (χ2n) is 4.75. The molecule has 2 N–H and O–H groups in total. The van der Waals surface area contributed by atoms with Crippen molar-refractivity contribution in [1.29, 1.82) is 0 Å². The molecule has 0 saturated carbocycles. The highest BCUT2D eigenvalue weighted by Crippen LogP contribution is 2.25. The van der Waals surface area contributed by atoms with Gasteiger partial charge in [-0.05, 0) is 35.8 Å². The summed E-state index contributed by atoms with van der Waals surface area (Å²) in [5.74, 6) is 1.28. The molecule has 0 atom stereocenters. The van der Waals surface area contributed by atoms with E-state index in [4.69, 9.17) is 28.9 Å². The summed E-state index contributed by atoms with van der Waals surface area (Å²) in [5.41, 5.74) is 6.77. The number of thioether (sulfide) groups is 1. The number of sulfone groups is 1. The summed E-state index contributed by atoms with van der Waals surface area (Å²) in [4.78, 5) is 4.19. The Labute approximate surface area is 159 Å². The average Bonchev–Trinajstić information content (AvgIpc) is 3.02. The highest BCUT2D eigenvalue weighted by Gasteiger charge is 2.17. The van der Waals surface area contributed by atoms with Crippen LogP contribution in [0, 0.1) is 0 Å². The number of aromatic nitrogens is 1. The van der Waals surface area contributed by atoms with Crippen LogP contribution < -0.4 is 5.73 Å². The molecule has 0 aliphatic heterocycles. The number of aliphatic imine (C=N–C) groups is 1. The summed E-state index contributed by atoms with van der Waals surface area (Å²) in [5, 5.41) is 2.42. The second-order valence-corrected chi connectivity index (χ2v) is 9.33. The first-order valence-electron chi connectivity index (χ1n) is 6.82. The van der Waals surface area contributed by atoms with Gasteiger partial charge in [-0.25, -0.2) is 8.42 Å². The Balaban J connectivity index is 1.85. The Morgan fingerprint density at radius 1 is 1.29 bits per heavy atom. The normalized spacial score (nSPS) is 12.5. The molecule has 2 aromatic rings. The van der Waals surface area contributed by atoms with Crippen LogP contribution in [0.15, 0.2) is 39.5 Å². The fourth-order valence-corrected chi connectivity index (χ4v) is 4.68. The fourth-order valence-electron chi connectivity index (χ4n) is 1.74. The molecular formula is C14H15Cl2N3O2S3. The molecule has 0 saturated heterocycles. The van der Waals surface area contributed by atoms with Crippen LogP contribution in [0.2, 0.25) is 10.0 Å². The largest absolute Gasteiger partial charge is 0.387 e. The molecule has 1 heterocycles. The van der Waals surface area contributed by atoms with E-state index < -0.39 is 9.84 Å². The number of nitrogens with two attached hydrogens (primary N) is 1. The van der Waals surface area contributed by atoms with Gasteiger partial charge >= 0.3 is 0 Å². The van der Waals surface area contributed by atoms with Gasteiger partial charge in [-0.3, -0.25) is 4.99 Å². The number of halogens is 2. The molecule has 10 heteroatoms. The predicted molar refractivity (Wildman–Crippen MR) is 103 cm³/mol. The van der Waals surface area contributed by atoms with Crippen LogP contribution >= 0.6 is 46.5 Å². The molecule has 130 valence electrons. The van der Waals surface area contributed by atoms with E-state index in [1.165, 1.54) is 29.7 Å². The lowest BCUT2D eigenvalue weighted by Gasteiger charge is -2.06. The van der Waals surface area contributed by atoms with E-state index in [2.05, 4.69) is 9.37 Å². The molecule has 5 nitrogen and oxygen atoms in total. The van der Waals surface area contributed by atoms with Crippen LogP contribution in [0.3, 0.4) is 0 Å². The number of rotatable bonds is 8. The van der Waals surface area contributed by atoms with Gasteiger partial charge in [-0.15, -0.1) is 0 Å². The van der Waals surface area contributed by atoms with Crippen molar-refractivity contribution < 1.29 is 8.42 Å². The maximum atomic E-state index is 12.3. The van der Waals surface area contributed by atoms with Gasteiger partial charge in [0.25, 0.3) is 0 Å². The van der Waals surface area contributed by atoms with E-state index in [1.54, 1.807) is 11.8 Å². The Morgan fingerprint density at radius 3 is 2.75 bits per heavy atom. The molecule has 0 aliphatic carbocycles. The third-order valence-corrected chi connectivity index (χ3v) is 6.84. The lowest BCUT2D eigenvalue weighted by Crippen LogP contribution is -2.24. The molecule has 0 amide bonds. The molecule has 1 aromatic heterocycles. The van der Waals surface area contributed by atoms with Gasteiger partial charge in [-0.1, -0.05) is 23.2 Å². The first-order valence-corrected chi connectivity index (χ1v) is 11.2. The lowest BCUT2D eigenvalue weighted by molar-refractivity contribution is 0.599. The molecule has 24 heavy (non-hydrogen) atoms. The van der Waals surface area contributed by atoms with E-state index in [1.807, 2.05) is 11.4 Å². The highest BCUT2D eigenvalue weighted by molar-refractivity contribution is 7.98. The first kappa shape index (κ1) is 19.5. The Kier molecular flexibility index (Phi) is 7.36. The number of hydrogen-bond donors (Lipinski definition) is 1. The molecule has 0 radical (unpaired) electrons. The minimum Gasteiger partial charge on any atom is -0.387 e. The summed E-state index contributed by atoms with van der Waals surface area (Å²) < 4.78 is 28.8. The zero-order chi connectivity index (χ0) is 17.6. The molecule has 0 spiro atoms. The van der Waals surface area contributed by atoms with E-state index in [-0.39, 0.29) is 21.5 Å². The van der Waals surface area contributed by atoms with Crippen LogP contribution in [0.25, 0.3) is 0 Å². The number of hydrogen-bond acceptors (Lipinski definition) is 6. The van der Waals surface area contributed by atoms with Crippen molar-refractivity contribution in [2.75, 3.05) is 18.1 Å². The van der Waals surface area contributed by atoms with Gasteiger partial charge in [0.1, 0.15) is 11.6 Å². The van der Waals surface area contributed by atoms with Crippen molar-refractivity contribution in [2.24, 2.45) is 10.7 Å². The SMILES string of the molecule is NC(CS(=O)(=O)c1ccc(Cl)c(Cl)c1)=NCCSCc1ccsn1. The van der Waals surface area contributed by atoms with Crippen LogP contribution in [-0.4, -0.2) is 36.7 Å². The molecule has 2 rings (SSSR count). The average molecular weight is 424 g/mol. The van der Waals surface area contributed by atoms with Crippen molar-refractivity contribution in [3.05, 3.63) is 45.4 Å². The molecule has 0 fully saturated rings. The maximum absolute atomic E-state index is 12.3. The summed E-state index contributed by atoms with van der Waals surface area (Å²) >= 11 is 14.7. The summed E-state index contributed by atoms with van der Waals surface area (Å²) in [6.45, 7) is 0.456. The summed E-state index contributed by atoms with van der Waals surface area (Å²) in [6, 6.07) is 6.13. The minimum atomic E-state index is -3.59. The second kappa shape index (κ2) is 9.05. The van der Waals surface area contributed by atoms with Crippen molar-refractivity contribution in [2.45, 2.75) is 10.6 Å². The van der Waals surface area contributed by atoms with Crippen LogP contribution in [0.5, 0.6) is 0 Å². The smallest absolute Gasteiger partial charge is 0.185 e. The third kappa shape index (κ3) is 5.93. The molecule has 1 aromatic carbocycles. The number of amidine groups is 1. The van der Waals surface area contributed by atoms with Crippen molar-refractivity contribution in [3.8, 4) is 0 Å². The van der Waals surface area contributed by atoms with Crippen molar-refractivity contribution in [1.82, 2.24) is 4.37 Å². The van der Waals surface area contributed by atoms with Gasteiger partial charge in [0.15, 0.2) is 9.84 Å². The van der Waals surface area contributed by atoms with Gasteiger partial charge < -0.3 is 5.73 Å². The Morgan fingerprint density at radius 2 is 2.08 bits per heavy atom. The number of nitrogens with zero attached hydrogens (tertiary/aromatic N) is 2. The van der Waals surface area contributed by atoms with Gasteiger partial charge in [0.05, 0.1) is 27.2 Å². The first-order chi connectivity index (χ1) is 11.4. The fraction of sp³-hybridized carbons (Fsp3) is 0.286. The third-order valence-electron chi connectivity index (χ3n) is 2.88. The monoisotopic (exact) mass is 423 g/mol.